The van der Waals surface area contributed by atoms with E-state index in [-0.39, 0.29) is 0 Å². The Labute approximate surface area is 130 Å². The lowest BCUT2D eigenvalue weighted by Crippen LogP contribution is -2.09. The summed E-state index contributed by atoms with van der Waals surface area (Å²) in [5, 5.41) is 12.1. The maximum absolute atomic E-state index is 6.05. The maximum Gasteiger partial charge on any atom is 0.0743 e. The predicted molar refractivity (Wildman–Crippen MR) is 87.0 cm³/mol. The predicted octanol–water partition coefficient (Wildman–Crippen LogP) is 2.67. The number of halogens is 1. The van der Waals surface area contributed by atoms with Gasteiger partial charge in [0.15, 0.2) is 0 Å². The van der Waals surface area contributed by atoms with Gasteiger partial charge in [-0.05, 0) is 24.6 Å². The van der Waals surface area contributed by atoms with Gasteiger partial charge in [-0.15, -0.1) is 5.10 Å². The van der Waals surface area contributed by atoms with E-state index in [1.807, 2.05) is 29.1 Å². The van der Waals surface area contributed by atoms with Gasteiger partial charge < -0.3 is 11.1 Å². The van der Waals surface area contributed by atoms with Gasteiger partial charge in [0, 0.05) is 29.1 Å². The molecule has 2 aromatic heterocycles. The molecule has 0 bridgehead atoms. The second-order valence-electron chi connectivity index (χ2n) is 4.70. The summed E-state index contributed by atoms with van der Waals surface area (Å²) >= 11 is 3.48. The zero-order valence-electron chi connectivity index (χ0n) is 11.3. The molecule has 0 aliphatic carbocycles. The number of nitrogen functional groups attached to an aromatic ring is 1. The number of nitrogens with two attached hydrogens (primary N) is 1. The zero-order chi connectivity index (χ0) is 14.7. The summed E-state index contributed by atoms with van der Waals surface area (Å²) in [6.07, 6.45) is 6.16. The van der Waals surface area contributed by atoms with Crippen molar-refractivity contribution in [3.8, 4) is 0 Å². The van der Waals surface area contributed by atoms with Crippen LogP contribution in [-0.2, 0) is 6.54 Å². The van der Waals surface area contributed by atoms with E-state index >= 15 is 0 Å². The Balaban J connectivity index is 1.73. The fraction of sp³-hybridized carbons (Fsp3) is 0.214. The van der Waals surface area contributed by atoms with E-state index in [1.165, 1.54) is 0 Å². The summed E-state index contributed by atoms with van der Waals surface area (Å²) in [4.78, 5) is 4.34. The molecule has 0 aliphatic heterocycles. The van der Waals surface area contributed by atoms with Crippen LogP contribution in [0, 0.1) is 0 Å². The summed E-state index contributed by atoms with van der Waals surface area (Å²) in [5.41, 5.74) is 8.55. The number of hydrogen-bond acceptors (Lipinski definition) is 5. The fourth-order valence-electron chi connectivity index (χ4n) is 2.18. The van der Waals surface area contributed by atoms with Crippen LogP contribution in [0.2, 0.25) is 0 Å². The lowest BCUT2D eigenvalue weighted by Gasteiger charge is -2.12. The number of hydrogen-bond donors (Lipinski definition) is 2. The molecule has 6 nitrogen and oxygen atoms in total. The van der Waals surface area contributed by atoms with Crippen LogP contribution in [0.1, 0.15) is 6.42 Å². The van der Waals surface area contributed by atoms with E-state index in [0.717, 1.165) is 40.6 Å². The fourth-order valence-corrected chi connectivity index (χ4v) is 2.55. The summed E-state index contributed by atoms with van der Waals surface area (Å²) in [7, 11) is 0. The summed E-state index contributed by atoms with van der Waals surface area (Å²) < 4.78 is 2.82. The number of aromatic nitrogens is 4. The monoisotopic (exact) mass is 346 g/mol. The molecule has 2 heterocycles. The first-order chi connectivity index (χ1) is 10.2. The third-order valence-corrected chi connectivity index (χ3v) is 3.69. The molecule has 0 amide bonds. The molecular formula is C14H15BrN6. The standard InChI is InChI=1S/C14H15BrN6/c15-10-2-3-13-11(8-10)14(12(16)9-18-13)17-4-1-6-21-7-5-19-20-21/h2-3,5,7-9H,1,4,6,16H2,(H,17,18). The number of aryl methyl sites for hydroxylation is 1. The molecule has 3 aromatic rings. The first-order valence-corrected chi connectivity index (χ1v) is 7.45. The summed E-state index contributed by atoms with van der Waals surface area (Å²) in [6.45, 7) is 1.62. The second-order valence-corrected chi connectivity index (χ2v) is 5.61. The van der Waals surface area contributed by atoms with Crippen LogP contribution >= 0.6 is 15.9 Å². The van der Waals surface area contributed by atoms with E-state index < -0.39 is 0 Å². The molecule has 0 unspecified atom stereocenters. The van der Waals surface area contributed by atoms with Gasteiger partial charge in [-0.3, -0.25) is 9.67 Å². The molecule has 0 spiro atoms. The van der Waals surface area contributed by atoms with Crippen LogP contribution in [0.15, 0.2) is 41.3 Å². The van der Waals surface area contributed by atoms with E-state index in [9.17, 15) is 0 Å². The average Bonchev–Trinajstić information content (AvgIpc) is 2.98. The van der Waals surface area contributed by atoms with Crippen molar-refractivity contribution in [1.82, 2.24) is 20.0 Å². The molecule has 7 heteroatoms. The molecule has 0 saturated carbocycles. The number of nitrogens with one attached hydrogen (secondary N) is 1. The molecule has 0 atom stereocenters. The third-order valence-electron chi connectivity index (χ3n) is 3.20. The average molecular weight is 347 g/mol. The van der Waals surface area contributed by atoms with Gasteiger partial charge in [-0.25, -0.2) is 0 Å². The number of benzene rings is 1. The van der Waals surface area contributed by atoms with E-state index in [2.05, 4.69) is 36.5 Å². The Morgan fingerprint density at radius 1 is 1.33 bits per heavy atom. The second kappa shape index (κ2) is 6.09. The Morgan fingerprint density at radius 2 is 2.24 bits per heavy atom. The number of anilines is 2. The van der Waals surface area contributed by atoms with Gasteiger partial charge in [0.2, 0.25) is 0 Å². The Bertz CT molecular complexity index is 735. The van der Waals surface area contributed by atoms with Gasteiger partial charge in [-0.1, -0.05) is 21.1 Å². The number of fused-ring (bicyclic) bond motifs is 1. The molecule has 1 aromatic carbocycles. The molecule has 3 N–H and O–H groups in total. The molecular weight excluding hydrogens is 332 g/mol. The smallest absolute Gasteiger partial charge is 0.0743 e. The van der Waals surface area contributed by atoms with Gasteiger partial charge in [0.05, 0.1) is 29.3 Å². The van der Waals surface area contributed by atoms with Crippen LogP contribution in [-0.4, -0.2) is 26.5 Å². The van der Waals surface area contributed by atoms with Crippen molar-refractivity contribution in [3.05, 3.63) is 41.3 Å². The lowest BCUT2D eigenvalue weighted by atomic mass is 10.1. The molecule has 3 rings (SSSR count). The van der Waals surface area contributed by atoms with Gasteiger partial charge in [0.25, 0.3) is 0 Å². The van der Waals surface area contributed by atoms with Crippen molar-refractivity contribution in [1.29, 1.82) is 0 Å². The lowest BCUT2D eigenvalue weighted by molar-refractivity contribution is 0.570. The Hall–Kier alpha value is -2.15. The van der Waals surface area contributed by atoms with Gasteiger partial charge in [-0.2, -0.15) is 0 Å². The van der Waals surface area contributed by atoms with Crippen LogP contribution < -0.4 is 11.1 Å². The minimum absolute atomic E-state index is 0.654. The quantitative estimate of drug-likeness (QED) is 0.694. The van der Waals surface area contributed by atoms with Crippen molar-refractivity contribution in [2.45, 2.75) is 13.0 Å². The Kier molecular flexibility index (Phi) is 4.01. The largest absolute Gasteiger partial charge is 0.396 e. The van der Waals surface area contributed by atoms with Crippen LogP contribution in [0.25, 0.3) is 10.9 Å². The highest BCUT2D eigenvalue weighted by Gasteiger charge is 2.06. The maximum atomic E-state index is 6.05. The Morgan fingerprint density at radius 3 is 3.05 bits per heavy atom. The van der Waals surface area contributed by atoms with Crippen molar-refractivity contribution in [2.75, 3.05) is 17.6 Å². The molecule has 108 valence electrons. The van der Waals surface area contributed by atoms with E-state index in [0.29, 0.717) is 5.69 Å². The summed E-state index contributed by atoms with van der Waals surface area (Å²) in [6, 6.07) is 5.97. The number of nitrogens with zero attached hydrogens (tertiary/aromatic N) is 4. The zero-order valence-corrected chi connectivity index (χ0v) is 12.9. The molecule has 0 fully saturated rings. The van der Waals surface area contributed by atoms with Crippen LogP contribution in [0.4, 0.5) is 11.4 Å². The first kappa shape index (κ1) is 13.8. The number of pyridine rings is 1. The highest BCUT2D eigenvalue weighted by molar-refractivity contribution is 9.10. The van der Waals surface area contributed by atoms with Crippen LogP contribution in [0.5, 0.6) is 0 Å². The van der Waals surface area contributed by atoms with Crippen molar-refractivity contribution >= 4 is 38.2 Å². The highest BCUT2D eigenvalue weighted by Crippen LogP contribution is 2.29. The molecule has 0 aliphatic rings. The van der Waals surface area contributed by atoms with E-state index in [4.69, 9.17) is 5.73 Å². The molecule has 21 heavy (non-hydrogen) atoms. The van der Waals surface area contributed by atoms with Crippen molar-refractivity contribution in [2.24, 2.45) is 0 Å². The SMILES string of the molecule is Nc1cnc2ccc(Br)cc2c1NCCCn1ccnn1. The van der Waals surface area contributed by atoms with Crippen molar-refractivity contribution < 1.29 is 0 Å². The topological polar surface area (TPSA) is 81.6 Å². The minimum Gasteiger partial charge on any atom is -0.396 e. The molecule has 0 radical (unpaired) electrons. The number of rotatable bonds is 5. The van der Waals surface area contributed by atoms with Crippen LogP contribution in [0.3, 0.4) is 0 Å². The minimum atomic E-state index is 0.654. The first-order valence-electron chi connectivity index (χ1n) is 6.66. The normalized spacial score (nSPS) is 10.9. The van der Waals surface area contributed by atoms with Gasteiger partial charge in [0.1, 0.15) is 0 Å². The van der Waals surface area contributed by atoms with Crippen molar-refractivity contribution in [3.63, 3.8) is 0 Å². The molecule has 0 saturated heterocycles. The third kappa shape index (κ3) is 3.13. The summed E-state index contributed by atoms with van der Waals surface area (Å²) in [5.74, 6) is 0. The highest BCUT2D eigenvalue weighted by atomic mass is 79.9. The van der Waals surface area contributed by atoms with Gasteiger partial charge >= 0.3 is 0 Å². The van der Waals surface area contributed by atoms with E-state index in [1.54, 1.807) is 12.4 Å².